The lowest BCUT2D eigenvalue weighted by atomic mass is 9.83. The van der Waals surface area contributed by atoms with Crippen molar-refractivity contribution in [3.63, 3.8) is 0 Å². The van der Waals surface area contributed by atoms with Crippen molar-refractivity contribution in [3.8, 4) is 0 Å². The highest BCUT2D eigenvalue weighted by Gasteiger charge is 2.29. The first-order valence-corrected chi connectivity index (χ1v) is 5.08. The molecule has 15 heavy (non-hydrogen) atoms. The summed E-state index contributed by atoms with van der Waals surface area (Å²) in [7, 11) is 0. The maximum atomic E-state index is 11.4. The smallest absolute Gasteiger partial charge is 0.158 e. The number of rotatable bonds is 1. The lowest BCUT2D eigenvalue weighted by molar-refractivity contribution is -0.119. The maximum Gasteiger partial charge on any atom is 0.158 e. The highest BCUT2D eigenvalue weighted by Crippen LogP contribution is 2.31. The number of aliphatic hydroxyl groups is 1. The Labute approximate surface area is 89.2 Å². The van der Waals surface area contributed by atoms with E-state index in [1.165, 1.54) is 0 Å². The molecule has 1 aromatic carbocycles. The molecule has 0 spiro atoms. The van der Waals surface area contributed by atoms with Gasteiger partial charge in [-0.1, -0.05) is 30.3 Å². The Kier molecular flexibility index (Phi) is 2.45. The number of hydrogen-bond acceptors (Lipinski definition) is 2. The molecule has 2 nitrogen and oxygen atoms in total. The second-order valence-electron chi connectivity index (χ2n) is 4.35. The predicted octanol–water partition coefficient (Wildman–Crippen LogP) is 2.18. The Hall–Kier alpha value is -1.41. The number of hydrogen-bond donors (Lipinski definition) is 1. The Balaban J connectivity index is 2.35. The van der Waals surface area contributed by atoms with Crippen LogP contribution in [0.15, 0.2) is 36.4 Å². The first-order valence-electron chi connectivity index (χ1n) is 5.08. The lowest BCUT2D eigenvalue weighted by Gasteiger charge is -2.27. The van der Waals surface area contributed by atoms with Gasteiger partial charge in [-0.25, -0.2) is 0 Å². The normalized spacial score (nSPS) is 26.3. The van der Waals surface area contributed by atoms with Crippen LogP contribution >= 0.6 is 0 Å². The van der Waals surface area contributed by atoms with Crippen molar-refractivity contribution < 1.29 is 9.90 Å². The van der Waals surface area contributed by atoms with E-state index in [0.717, 1.165) is 11.1 Å². The zero-order chi connectivity index (χ0) is 10.9. The Bertz CT molecular complexity index is 402. The van der Waals surface area contributed by atoms with Gasteiger partial charge >= 0.3 is 0 Å². The maximum absolute atomic E-state index is 11.4. The third-order valence-electron chi connectivity index (χ3n) is 2.61. The van der Waals surface area contributed by atoms with E-state index in [-0.39, 0.29) is 12.2 Å². The van der Waals surface area contributed by atoms with Gasteiger partial charge < -0.3 is 5.11 Å². The standard InChI is InChI=1S/C13H14O2/c1-13(15)8-11(7-12(14)9-13)10-5-3-2-4-6-10/h2-7,15H,8-9H2,1H3. The highest BCUT2D eigenvalue weighted by molar-refractivity contribution is 5.99. The summed E-state index contributed by atoms with van der Waals surface area (Å²) in [6.45, 7) is 1.71. The minimum atomic E-state index is -0.892. The third-order valence-corrected chi connectivity index (χ3v) is 2.61. The molecule has 1 aromatic rings. The van der Waals surface area contributed by atoms with Gasteiger partial charge in [-0.05, 0) is 24.1 Å². The molecule has 1 aliphatic rings. The molecule has 0 heterocycles. The molecule has 0 aliphatic heterocycles. The van der Waals surface area contributed by atoms with E-state index in [1.807, 2.05) is 30.3 Å². The monoisotopic (exact) mass is 202 g/mol. The SMILES string of the molecule is CC1(O)CC(=O)C=C(c2ccccc2)C1. The Morgan fingerprint density at radius 1 is 1.20 bits per heavy atom. The summed E-state index contributed by atoms with van der Waals surface area (Å²) < 4.78 is 0. The van der Waals surface area contributed by atoms with Gasteiger partial charge in [-0.3, -0.25) is 4.79 Å². The average Bonchev–Trinajstić information content (AvgIpc) is 2.16. The van der Waals surface area contributed by atoms with Gasteiger partial charge in [0.05, 0.1) is 5.60 Å². The molecule has 1 aliphatic carbocycles. The Morgan fingerprint density at radius 3 is 2.47 bits per heavy atom. The molecule has 2 heteroatoms. The molecule has 0 bridgehead atoms. The summed E-state index contributed by atoms with van der Waals surface area (Å²) in [6, 6.07) is 9.72. The van der Waals surface area contributed by atoms with E-state index in [9.17, 15) is 9.90 Å². The first-order chi connectivity index (χ1) is 7.07. The van der Waals surface area contributed by atoms with Gasteiger partial charge in [-0.2, -0.15) is 0 Å². The van der Waals surface area contributed by atoms with Gasteiger partial charge in [-0.15, -0.1) is 0 Å². The Morgan fingerprint density at radius 2 is 1.87 bits per heavy atom. The van der Waals surface area contributed by atoms with Crippen molar-refractivity contribution in [2.45, 2.75) is 25.4 Å². The summed E-state index contributed by atoms with van der Waals surface area (Å²) >= 11 is 0. The van der Waals surface area contributed by atoms with Crippen molar-refractivity contribution in [2.24, 2.45) is 0 Å². The van der Waals surface area contributed by atoms with Crippen LogP contribution in [0, 0.1) is 0 Å². The van der Waals surface area contributed by atoms with Gasteiger partial charge in [0.15, 0.2) is 5.78 Å². The average molecular weight is 202 g/mol. The summed E-state index contributed by atoms with van der Waals surface area (Å²) in [4.78, 5) is 11.4. The van der Waals surface area contributed by atoms with Crippen LogP contribution in [-0.2, 0) is 4.79 Å². The van der Waals surface area contributed by atoms with Crippen LogP contribution < -0.4 is 0 Å². The van der Waals surface area contributed by atoms with Crippen molar-refractivity contribution in [3.05, 3.63) is 42.0 Å². The molecule has 1 N–H and O–H groups in total. The second-order valence-corrected chi connectivity index (χ2v) is 4.35. The topological polar surface area (TPSA) is 37.3 Å². The largest absolute Gasteiger partial charge is 0.389 e. The van der Waals surface area contributed by atoms with Crippen molar-refractivity contribution in [2.75, 3.05) is 0 Å². The molecule has 0 saturated carbocycles. The number of allylic oxidation sites excluding steroid dienone is 1. The summed E-state index contributed by atoms with van der Waals surface area (Å²) in [5.74, 6) is 0.00473. The molecule has 1 unspecified atom stereocenters. The number of carbonyl (C=O) groups is 1. The van der Waals surface area contributed by atoms with Gasteiger partial charge in [0.2, 0.25) is 0 Å². The molecular weight excluding hydrogens is 188 g/mol. The molecule has 0 fully saturated rings. The molecule has 0 radical (unpaired) electrons. The highest BCUT2D eigenvalue weighted by atomic mass is 16.3. The fraction of sp³-hybridized carbons (Fsp3) is 0.308. The van der Waals surface area contributed by atoms with Gasteiger partial charge in [0, 0.05) is 12.8 Å². The minimum Gasteiger partial charge on any atom is -0.389 e. The number of ketones is 1. The van der Waals surface area contributed by atoms with Crippen LogP contribution in [0.25, 0.3) is 5.57 Å². The molecule has 1 atom stereocenters. The van der Waals surface area contributed by atoms with Gasteiger partial charge in [0.25, 0.3) is 0 Å². The van der Waals surface area contributed by atoms with Crippen molar-refractivity contribution in [1.82, 2.24) is 0 Å². The molecular formula is C13H14O2. The van der Waals surface area contributed by atoms with Crippen LogP contribution in [0.1, 0.15) is 25.3 Å². The fourth-order valence-electron chi connectivity index (χ4n) is 1.98. The van der Waals surface area contributed by atoms with E-state index >= 15 is 0 Å². The molecule has 0 saturated heterocycles. The zero-order valence-corrected chi connectivity index (χ0v) is 8.73. The summed E-state index contributed by atoms with van der Waals surface area (Å²) in [5, 5.41) is 9.91. The number of benzene rings is 1. The quantitative estimate of drug-likeness (QED) is 0.758. The molecule has 2 rings (SSSR count). The first kappa shape index (κ1) is 10.1. The van der Waals surface area contributed by atoms with E-state index in [0.29, 0.717) is 6.42 Å². The molecule has 78 valence electrons. The van der Waals surface area contributed by atoms with Crippen LogP contribution in [0.3, 0.4) is 0 Å². The number of carbonyl (C=O) groups excluding carboxylic acids is 1. The predicted molar refractivity (Wildman–Crippen MR) is 59.3 cm³/mol. The minimum absolute atomic E-state index is 0.00473. The van der Waals surface area contributed by atoms with E-state index in [4.69, 9.17) is 0 Å². The molecule has 0 aromatic heterocycles. The fourth-order valence-corrected chi connectivity index (χ4v) is 1.98. The van der Waals surface area contributed by atoms with Crippen LogP contribution in [-0.4, -0.2) is 16.5 Å². The van der Waals surface area contributed by atoms with Crippen LogP contribution in [0.5, 0.6) is 0 Å². The zero-order valence-electron chi connectivity index (χ0n) is 8.73. The second kappa shape index (κ2) is 3.63. The van der Waals surface area contributed by atoms with E-state index in [2.05, 4.69) is 0 Å². The van der Waals surface area contributed by atoms with Crippen LogP contribution in [0.2, 0.25) is 0 Å². The van der Waals surface area contributed by atoms with Crippen LogP contribution in [0.4, 0.5) is 0 Å². The van der Waals surface area contributed by atoms with E-state index in [1.54, 1.807) is 13.0 Å². The molecule has 0 amide bonds. The summed E-state index contributed by atoms with van der Waals surface area (Å²) in [6.07, 6.45) is 2.42. The van der Waals surface area contributed by atoms with Crippen molar-refractivity contribution in [1.29, 1.82) is 0 Å². The lowest BCUT2D eigenvalue weighted by Crippen LogP contribution is -2.30. The van der Waals surface area contributed by atoms with E-state index < -0.39 is 5.60 Å². The van der Waals surface area contributed by atoms with Crippen molar-refractivity contribution >= 4 is 11.4 Å². The summed E-state index contributed by atoms with van der Waals surface area (Å²) in [5.41, 5.74) is 1.06. The van der Waals surface area contributed by atoms with Gasteiger partial charge in [0.1, 0.15) is 0 Å². The third kappa shape index (κ3) is 2.34.